The van der Waals surface area contributed by atoms with Gasteiger partial charge in [0.15, 0.2) is 11.6 Å². The van der Waals surface area contributed by atoms with Gasteiger partial charge in [-0.05, 0) is 30.3 Å². The van der Waals surface area contributed by atoms with Gasteiger partial charge >= 0.3 is 0 Å². The van der Waals surface area contributed by atoms with Crippen LogP contribution in [0.2, 0.25) is 0 Å². The van der Waals surface area contributed by atoms with Gasteiger partial charge in [0.05, 0.1) is 7.11 Å². The Bertz CT molecular complexity index is 1080. The minimum atomic E-state index is -0.826. The number of methoxy groups -OCH3 is 1. The van der Waals surface area contributed by atoms with Crippen LogP contribution in [-0.2, 0) is 25.9 Å². The van der Waals surface area contributed by atoms with Gasteiger partial charge in [0.1, 0.15) is 17.4 Å². The first-order chi connectivity index (χ1) is 15.5. The molecule has 1 N–H and O–H groups in total. The summed E-state index contributed by atoms with van der Waals surface area (Å²) >= 11 is 0. The molecule has 1 aromatic heterocycles. The van der Waals surface area contributed by atoms with Gasteiger partial charge in [0, 0.05) is 56.7 Å². The lowest BCUT2D eigenvalue weighted by Crippen LogP contribution is -2.28. The van der Waals surface area contributed by atoms with Crippen molar-refractivity contribution in [3.63, 3.8) is 0 Å². The zero-order valence-electron chi connectivity index (χ0n) is 17.9. The van der Waals surface area contributed by atoms with E-state index >= 15 is 0 Å². The van der Waals surface area contributed by atoms with E-state index in [0.29, 0.717) is 62.4 Å². The average molecular weight is 441 g/mol. The molecule has 1 aliphatic heterocycles. The van der Waals surface area contributed by atoms with Crippen LogP contribution in [0.5, 0.6) is 5.75 Å². The van der Waals surface area contributed by atoms with Crippen LogP contribution in [0.1, 0.15) is 27.6 Å². The number of rotatable bonds is 7. The zero-order chi connectivity index (χ0) is 22.5. The van der Waals surface area contributed by atoms with E-state index in [2.05, 4.69) is 25.0 Å². The predicted octanol–water partition coefficient (Wildman–Crippen LogP) is 2.60. The molecular formula is C23H25F2N5O2. The van der Waals surface area contributed by atoms with E-state index in [4.69, 9.17) is 4.74 Å². The molecule has 0 fully saturated rings. The van der Waals surface area contributed by atoms with E-state index in [1.54, 1.807) is 37.4 Å². The third-order valence-electron chi connectivity index (χ3n) is 5.61. The van der Waals surface area contributed by atoms with E-state index in [0.717, 1.165) is 17.7 Å². The van der Waals surface area contributed by atoms with Crippen LogP contribution in [0.15, 0.2) is 42.5 Å². The molecule has 0 unspecified atom stereocenters. The number of nitrogens with one attached hydrogen (secondary N) is 1. The zero-order valence-corrected chi connectivity index (χ0v) is 17.9. The summed E-state index contributed by atoms with van der Waals surface area (Å²) in [6.45, 7) is 2.78. The largest absolute Gasteiger partial charge is 0.497 e. The van der Waals surface area contributed by atoms with Crippen molar-refractivity contribution in [2.45, 2.75) is 25.9 Å². The van der Waals surface area contributed by atoms with Crippen LogP contribution in [0.3, 0.4) is 0 Å². The van der Waals surface area contributed by atoms with Crippen LogP contribution in [0.4, 0.5) is 8.78 Å². The molecule has 2 aromatic carbocycles. The Labute approximate surface area is 185 Å². The summed E-state index contributed by atoms with van der Waals surface area (Å²) in [5.74, 6) is 0.587. The Balaban J connectivity index is 1.32. The second-order valence-corrected chi connectivity index (χ2v) is 7.66. The Hall–Kier alpha value is -3.33. The van der Waals surface area contributed by atoms with Crippen molar-refractivity contribution < 1.29 is 18.3 Å². The lowest BCUT2D eigenvalue weighted by molar-refractivity contribution is 0.0954. The summed E-state index contributed by atoms with van der Waals surface area (Å²) in [6.07, 6.45) is 1.22. The second kappa shape index (κ2) is 9.86. The number of carbonyl (C=O) groups excluding carboxylic acids is 1. The SMILES string of the molecule is COc1ccc(C(=O)NCCc2nnc3n2CCN(Cc2cccc(F)c2F)CC3)cc1. The topological polar surface area (TPSA) is 72.3 Å². The number of benzene rings is 2. The van der Waals surface area contributed by atoms with Gasteiger partial charge in [0.2, 0.25) is 0 Å². The van der Waals surface area contributed by atoms with Gasteiger partial charge < -0.3 is 14.6 Å². The minimum absolute atomic E-state index is 0.161. The van der Waals surface area contributed by atoms with Crippen molar-refractivity contribution in [2.75, 3.05) is 26.7 Å². The number of hydrogen-bond acceptors (Lipinski definition) is 5. The van der Waals surface area contributed by atoms with Crippen molar-refractivity contribution in [3.8, 4) is 5.75 Å². The third-order valence-corrected chi connectivity index (χ3v) is 5.61. The van der Waals surface area contributed by atoms with Crippen LogP contribution in [-0.4, -0.2) is 52.3 Å². The molecule has 0 aliphatic carbocycles. The normalized spacial score (nSPS) is 14.0. The van der Waals surface area contributed by atoms with Crippen molar-refractivity contribution in [1.82, 2.24) is 25.0 Å². The van der Waals surface area contributed by atoms with E-state index < -0.39 is 11.6 Å². The molecule has 168 valence electrons. The molecule has 0 saturated heterocycles. The van der Waals surface area contributed by atoms with Crippen molar-refractivity contribution in [2.24, 2.45) is 0 Å². The van der Waals surface area contributed by atoms with Gasteiger partial charge in [-0.25, -0.2) is 8.78 Å². The molecule has 7 nitrogen and oxygen atoms in total. The number of aromatic nitrogens is 3. The first-order valence-electron chi connectivity index (χ1n) is 10.5. The van der Waals surface area contributed by atoms with Gasteiger partial charge in [-0.3, -0.25) is 9.69 Å². The molecule has 3 aromatic rings. The van der Waals surface area contributed by atoms with Crippen molar-refractivity contribution >= 4 is 5.91 Å². The van der Waals surface area contributed by atoms with Gasteiger partial charge in [-0.2, -0.15) is 0 Å². The van der Waals surface area contributed by atoms with Crippen LogP contribution >= 0.6 is 0 Å². The maximum Gasteiger partial charge on any atom is 0.251 e. The summed E-state index contributed by atoms with van der Waals surface area (Å²) in [5.41, 5.74) is 0.912. The standard InChI is InChI=1S/C23H25F2N5O2/c1-32-18-7-5-16(6-8-18)23(31)26-11-9-20-27-28-21-10-12-29(13-14-30(20)21)15-17-3-2-4-19(24)22(17)25/h2-8H,9-15H2,1H3,(H,26,31). The Morgan fingerprint density at radius 2 is 1.91 bits per heavy atom. The molecule has 32 heavy (non-hydrogen) atoms. The second-order valence-electron chi connectivity index (χ2n) is 7.66. The molecular weight excluding hydrogens is 416 g/mol. The molecule has 1 amide bonds. The van der Waals surface area contributed by atoms with Gasteiger partial charge in [-0.15, -0.1) is 10.2 Å². The number of hydrogen-bond donors (Lipinski definition) is 1. The van der Waals surface area contributed by atoms with E-state index in [-0.39, 0.29) is 5.91 Å². The van der Waals surface area contributed by atoms with Crippen molar-refractivity contribution in [1.29, 1.82) is 0 Å². The number of fused-ring (bicyclic) bond motifs is 1. The highest BCUT2D eigenvalue weighted by Crippen LogP contribution is 2.17. The average Bonchev–Trinajstić information content (AvgIpc) is 3.08. The Morgan fingerprint density at radius 1 is 1.09 bits per heavy atom. The highest BCUT2D eigenvalue weighted by atomic mass is 19.2. The van der Waals surface area contributed by atoms with Gasteiger partial charge in [0.25, 0.3) is 5.91 Å². The van der Waals surface area contributed by atoms with Crippen LogP contribution < -0.4 is 10.1 Å². The molecule has 0 atom stereocenters. The van der Waals surface area contributed by atoms with E-state index in [1.807, 2.05) is 0 Å². The smallest absolute Gasteiger partial charge is 0.251 e. The first kappa shape index (κ1) is 21.9. The maximum absolute atomic E-state index is 14.0. The van der Waals surface area contributed by atoms with E-state index in [1.165, 1.54) is 6.07 Å². The summed E-state index contributed by atoms with van der Waals surface area (Å²) in [5, 5.41) is 11.5. The molecule has 0 bridgehead atoms. The molecule has 2 heterocycles. The number of carbonyl (C=O) groups is 1. The summed E-state index contributed by atoms with van der Waals surface area (Å²) in [4.78, 5) is 14.4. The van der Waals surface area contributed by atoms with Crippen LogP contribution in [0.25, 0.3) is 0 Å². The Kier molecular flexibility index (Phi) is 6.75. The van der Waals surface area contributed by atoms with Crippen molar-refractivity contribution in [3.05, 3.63) is 76.9 Å². The Morgan fingerprint density at radius 3 is 2.69 bits per heavy atom. The molecule has 9 heteroatoms. The lowest BCUT2D eigenvalue weighted by Gasteiger charge is -2.20. The summed E-state index contributed by atoms with van der Waals surface area (Å²) < 4.78 is 34.7. The summed E-state index contributed by atoms with van der Waals surface area (Å²) in [6, 6.07) is 11.2. The fraction of sp³-hybridized carbons (Fsp3) is 0.348. The third kappa shape index (κ3) is 4.94. The fourth-order valence-electron chi connectivity index (χ4n) is 3.81. The highest BCUT2D eigenvalue weighted by molar-refractivity contribution is 5.94. The molecule has 0 saturated carbocycles. The number of nitrogens with zero attached hydrogens (tertiary/aromatic N) is 4. The first-order valence-corrected chi connectivity index (χ1v) is 10.5. The molecule has 0 spiro atoms. The molecule has 1 aliphatic rings. The number of amides is 1. The molecule has 4 rings (SSSR count). The highest BCUT2D eigenvalue weighted by Gasteiger charge is 2.20. The minimum Gasteiger partial charge on any atom is -0.497 e. The summed E-state index contributed by atoms with van der Waals surface area (Å²) in [7, 11) is 1.58. The predicted molar refractivity (Wildman–Crippen MR) is 114 cm³/mol. The fourth-order valence-corrected chi connectivity index (χ4v) is 3.81. The number of halogens is 2. The van der Waals surface area contributed by atoms with Crippen LogP contribution in [0, 0.1) is 11.6 Å². The monoisotopic (exact) mass is 441 g/mol. The molecule has 0 radical (unpaired) electrons. The lowest BCUT2D eigenvalue weighted by atomic mass is 10.2. The van der Waals surface area contributed by atoms with E-state index in [9.17, 15) is 13.6 Å². The maximum atomic E-state index is 14.0. The van der Waals surface area contributed by atoms with Gasteiger partial charge in [-0.1, -0.05) is 12.1 Å². The number of ether oxygens (including phenoxy) is 1. The quantitative estimate of drug-likeness (QED) is 0.610.